The summed E-state index contributed by atoms with van der Waals surface area (Å²) in [6.45, 7) is -0.256. The van der Waals surface area contributed by atoms with Gasteiger partial charge < -0.3 is 10.1 Å². The third-order valence-corrected chi connectivity index (χ3v) is 7.15. The average Bonchev–Trinajstić information content (AvgIpc) is 2.69. The van der Waals surface area contributed by atoms with Crippen molar-refractivity contribution in [1.29, 1.82) is 0 Å². The van der Waals surface area contributed by atoms with Gasteiger partial charge in [0.15, 0.2) is 6.61 Å². The number of hydrogen-bond donors (Lipinski definition) is 2. The average molecular weight is 502 g/mol. The van der Waals surface area contributed by atoms with E-state index in [1.54, 1.807) is 12.1 Å². The highest BCUT2D eigenvalue weighted by Gasteiger charge is 2.22. The van der Waals surface area contributed by atoms with Crippen LogP contribution in [0.15, 0.2) is 51.8 Å². The lowest BCUT2D eigenvalue weighted by Crippen LogP contribution is -2.36. The molecule has 29 heavy (non-hydrogen) atoms. The van der Waals surface area contributed by atoms with Gasteiger partial charge in [-0.3, -0.25) is 4.79 Å². The first-order chi connectivity index (χ1) is 13.8. The summed E-state index contributed by atoms with van der Waals surface area (Å²) in [6.07, 6.45) is 4.90. The Morgan fingerprint density at radius 3 is 2.55 bits per heavy atom. The number of carbonyl (C=O) groups is 1. The molecule has 156 valence electrons. The molecule has 2 aromatic rings. The smallest absolute Gasteiger partial charge is 0.262 e. The van der Waals surface area contributed by atoms with E-state index in [1.165, 1.54) is 18.2 Å². The Kier molecular flexibility index (Phi) is 7.56. The lowest BCUT2D eigenvalue weighted by molar-refractivity contribution is -0.118. The Morgan fingerprint density at radius 1 is 1.14 bits per heavy atom. The second-order valence-corrected chi connectivity index (χ2v) is 9.84. The minimum Gasteiger partial charge on any atom is -0.482 e. The van der Waals surface area contributed by atoms with E-state index in [4.69, 9.17) is 16.3 Å². The van der Waals surface area contributed by atoms with Crippen LogP contribution in [0.25, 0.3) is 0 Å². The number of sulfonamides is 1. The molecule has 1 amide bonds. The number of halogens is 2. The van der Waals surface area contributed by atoms with E-state index in [9.17, 15) is 13.2 Å². The minimum atomic E-state index is -3.65. The third-order valence-electron chi connectivity index (χ3n) is 4.65. The van der Waals surface area contributed by atoms with Crippen LogP contribution in [0.4, 0.5) is 5.69 Å². The van der Waals surface area contributed by atoms with Crippen LogP contribution in [0.3, 0.4) is 0 Å². The number of amides is 1. The molecule has 2 aromatic carbocycles. The van der Waals surface area contributed by atoms with E-state index >= 15 is 0 Å². The lowest BCUT2D eigenvalue weighted by atomic mass is 9.96. The van der Waals surface area contributed by atoms with Crippen molar-refractivity contribution in [2.75, 3.05) is 11.9 Å². The van der Waals surface area contributed by atoms with Gasteiger partial charge in [0.1, 0.15) is 5.75 Å². The molecular formula is C20H22BrClN2O4S. The quantitative estimate of drug-likeness (QED) is 0.574. The van der Waals surface area contributed by atoms with Crippen molar-refractivity contribution >= 4 is 49.1 Å². The van der Waals surface area contributed by atoms with Crippen molar-refractivity contribution in [2.24, 2.45) is 0 Å². The fourth-order valence-corrected chi connectivity index (χ4v) is 5.18. The molecule has 0 saturated heterocycles. The molecule has 3 rings (SSSR count). The van der Waals surface area contributed by atoms with Crippen molar-refractivity contribution in [3.63, 3.8) is 0 Å². The maximum absolute atomic E-state index is 12.6. The summed E-state index contributed by atoms with van der Waals surface area (Å²) < 4.78 is 34.1. The summed E-state index contributed by atoms with van der Waals surface area (Å²) in [6, 6.07) is 11.4. The van der Waals surface area contributed by atoms with Crippen molar-refractivity contribution in [3.05, 3.63) is 52.0 Å². The Labute approximate surface area is 184 Å². The topological polar surface area (TPSA) is 84.5 Å². The maximum Gasteiger partial charge on any atom is 0.262 e. The van der Waals surface area contributed by atoms with Crippen LogP contribution in [-0.4, -0.2) is 27.0 Å². The Hall–Kier alpha value is -1.61. The second kappa shape index (κ2) is 9.93. The van der Waals surface area contributed by atoms with Crippen LogP contribution in [0.5, 0.6) is 5.75 Å². The fraction of sp³-hybridized carbons (Fsp3) is 0.350. The molecule has 0 aromatic heterocycles. The molecule has 1 aliphatic carbocycles. The number of nitrogens with one attached hydrogen (secondary N) is 2. The Morgan fingerprint density at radius 2 is 1.86 bits per heavy atom. The van der Waals surface area contributed by atoms with Gasteiger partial charge >= 0.3 is 0 Å². The molecule has 0 unspecified atom stereocenters. The normalized spacial score (nSPS) is 15.1. The van der Waals surface area contributed by atoms with E-state index in [-0.39, 0.29) is 34.2 Å². The first-order valence-corrected chi connectivity index (χ1v) is 12.0. The number of hydrogen-bond acceptors (Lipinski definition) is 4. The Bertz CT molecular complexity index is 978. The van der Waals surface area contributed by atoms with Gasteiger partial charge in [0.05, 0.1) is 15.6 Å². The highest BCUT2D eigenvalue weighted by Crippen LogP contribution is 2.28. The fourth-order valence-electron chi connectivity index (χ4n) is 3.17. The first kappa shape index (κ1) is 22.1. The monoisotopic (exact) mass is 500 g/mol. The van der Waals surface area contributed by atoms with Crippen LogP contribution in [0, 0.1) is 0 Å². The van der Waals surface area contributed by atoms with Crippen LogP contribution < -0.4 is 14.8 Å². The summed E-state index contributed by atoms with van der Waals surface area (Å²) in [5, 5.41) is 2.85. The number of benzene rings is 2. The molecule has 0 atom stereocenters. The summed E-state index contributed by atoms with van der Waals surface area (Å²) >= 11 is 9.55. The first-order valence-electron chi connectivity index (χ1n) is 9.34. The molecular weight excluding hydrogens is 480 g/mol. The van der Waals surface area contributed by atoms with Crippen LogP contribution >= 0.6 is 27.5 Å². The van der Waals surface area contributed by atoms with E-state index in [2.05, 4.69) is 26.0 Å². The summed E-state index contributed by atoms with van der Waals surface area (Å²) in [7, 11) is -3.65. The summed E-state index contributed by atoms with van der Waals surface area (Å²) in [4.78, 5) is 12.2. The molecule has 1 fully saturated rings. The predicted molar refractivity (Wildman–Crippen MR) is 117 cm³/mol. The third kappa shape index (κ3) is 6.18. The molecule has 0 bridgehead atoms. The highest BCUT2D eigenvalue weighted by molar-refractivity contribution is 9.10. The van der Waals surface area contributed by atoms with E-state index in [0.717, 1.165) is 36.6 Å². The van der Waals surface area contributed by atoms with E-state index < -0.39 is 10.0 Å². The van der Waals surface area contributed by atoms with Crippen LogP contribution in [0.2, 0.25) is 5.02 Å². The molecule has 2 N–H and O–H groups in total. The van der Waals surface area contributed by atoms with E-state index in [0.29, 0.717) is 5.69 Å². The van der Waals surface area contributed by atoms with Crippen molar-refractivity contribution in [1.82, 2.24) is 4.72 Å². The molecule has 9 heteroatoms. The molecule has 0 heterocycles. The van der Waals surface area contributed by atoms with Crippen molar-refractivity contribution in [3.8, 4) is 5.75 Å². The van der Waals surface area contributed by atoms with Gasteiger partial charge in [-0.1, -0.05) is 43.0 Å². The number of carbonyl (C=O) groups excluding carboxylic acids is 1. The number of para-hydroxylation sites is 1. The zero-order valence-electron chi connectivity index (χ0n) is 15.7. The van der Waals surface area contributed by atoms with Gasteiger partial charge in [-0.05, 0) is 59.1 Å². The number of ether oxygens (including phenoxy) is 1. The molecule has 1 saturated carbocycles. The largest absolute Gasteiger partial charge is 0.482 e. The second-order valence-electron chi connectivity index (χ2n) is 6.87. The molecule has 0 aliphatic heterocycles. The molecule has 6 nitrogen and oxygen atoms in total. The SMILES string of the molecule is O=C(COc1ccc(S(=O)(=O)NC2CCCCC2)cc1Cl)Nc1ccccc1Br. The van der Waals surface area contributed by atoms with Gasteiger partial charge in [0.25, 0.3) is 5.91 Å². The summed E-state index contributed by atoms with van der Waals surface area (Å²) in [5.74, 6) is -0.116. The van der Waals surface area contributed by atoms with E-state index in [1.807, 2.05) is 12.1 Å². The minimum absolute atomic E-state index is 0.0375. The summed E-state index contributed by atoms with van der Waals surface area (Å²) in [5.41, 5.74) is 0.627. The predicted octanol–water partition coefficient (Wildman–Crippen LogP) is 4.73. The zero-order valence-corrected chi connectivity index (χ0v) is 18.8. The molecule has 0 radical (unpaired) electrons. The van der Waals surface area contributed by atoms with Gasteiger partial charge in [-0.2, -0.15) is 0 Å². The number of anilines is 1. The van der Waals surface area contributed by atoms with Gasteiger partial charge in [-0.15, -0.1) is 0 Å². The van der Waals surface area contributed by atoms with Gasteiger partial charge in [-0.25, -0.2) is 13.1 Å². The van der Waals surface area contributed by atoms with Crippen molar-refractivity contribution in [2.45, 2.75) is 43.0 Å². The standard InChI is InChI=1S/C20H22BrClN2O4S/c21-16-8-4-5-9-18(16)23-20(25)13-28-19-11-10-15(12-17(19)22)29(26,27)24-14-6-2-1-3-7-14/h4-5,8-12,14,24H,1-3,6-7,13H2,(H,23,25). The molecule has 1 aliphatic rings. The van der Waals surface area contributed by atoms with Crippen molar-refractivity contribution < 1.29 is 17.9 Å². The number of rotatable bonds is 7. The lowest BCUT2D eigenvalue weighted by Gasteiger charge is -2.22. The maximum atomic E-state index is 12.6. The van der Waals surface area contributed by atoms with Gasteiger partial charge in [0.2, 0.25) is 10.0 Å². The highest BCUT2D eigenvalue weighted by atomic mass is 79.9. The van der Waals surface area contributed by atoms with Gasteiger partial charge in [0, 0.05) is 10.5 Å². The van der Waals surface area contributed by atoms with Crippen LogP contribution in [-0.2, 0) is 14.8 Å². The Balaban J connectivity index is 1.60. The van der Waals surface area contributed by atoms with Crippen LogP contribution in [0.1, 0.15) is 32.1 Å². The zero-order chi connectivity index (χ0) is 20.9. The molecule has 0 spiro atoms.